The monoisotopic (exact) mass is 565 g/mol. The van der Waals surface area contributed by atoms with Gasteiger partial charge in [0.15, 0.2) is 0 Å². The van der Waals surface area contributed by atoms with Crippen molar-refractivity contribution < 1.29 is 27.9 Å². The van der Waals surface area contributed by atoms with E-state index >= 15 is 8.78 Å². The zero-order chi connectivity index (χ0) is 28.0. The second kappa shape index (κ2) is 10.3. The Balaban J connectivity index is 1.89. The van der Waals surface area contributed by atoms with Crippen LogP contribution in [0.15, 0.2) is 52.9 Å². The van der Waals surface area contributed by atoms with Gasteiger partial charge in [0.2, 0.25) is 17.6 Å². The highest BCUT2D eigenvalue weighted by Crippen LogP contribution is 2.50. The maximum atomic E-state index is 15.6. The molecule has 0 bridgehead atoms. The summed E-state index contributed by atoms with van der Waals surface area (Å²) in [6, 6.07) is 8.97. The molecular weight excluding hydrogens is 539 g/mol. The van der Waals surface area contributed by atoms with Gasteiger partial charge in [-0.3, -0.25) is 10.1 Å². The standard InChI is InChI=1S/C27H27Cl2F2N3O4/c1-26(2,3)12-19-27(32,15-8-7-13(28)11-17(15)30)21(14-5-4-6-16(29)22(14)31)23(33-19)24(35)34-20-10-9-18(38-20)25(36)37/h4-11,19,21,23,33H,12,32H2,1-3H3,(H,34,35)(H,36,37)/t19-,21-,23+,27+/m0/s1. The summed E-state index contributed by atoms with van der Waals surface area (Å²) >= 11 is 12.1. The minimum Gasteiger partial charge on any atom is -0.475 e. The summed E-state index contributed by atoms with van der Waals surface area (Å²) in [6.07, 6.45) is 0.387. The van der Waals surface area contributed by atoms with Gasteiger partial charge in [0.05, 0.1) is 16.6 Å². The Bertz CT molecular complexity index is 1390. The highest BCUT2D eigenvalue weighted by atomic mass is 35.5. The summed E-state index contributed by atoms with van der Waals surface area (Å²) in [5.74, 6) is -5.12. The van der Waals surface area contributed by atoms with Crippen molar-refractivity contribution in [3.05, 3.63) is 87.1 Å². The van der Waals surface area contributed by atoms with Crippen molar-refractivity contribution in [2.45, 2.75) is 50.7 Å². The Morgan fingerprint density at radius 3 is 2.47 bits per heavy atom. The summed E-state index contributed by atoms with van der Waals surface area (Å²) < 4.78 is 36.2. The van der Waals surface area contributed by atoms with Crippen molar-refractivity contribution in [1.29, 1.82) is 0 Å². The molecule has 7 nitrogen and oxygen atoms in total. The Kier molecular flexibility index (Phi) is 7.60. The van der Waals surface area contributed by atoms with E-state index in [2.05, 4.69) is 10.6 Å². The molecule has 1 fully saturated rings. The molecule has 1 aliphatic heterocycles. The predicted octanol–water partition coefficient (Wildman–Crippen LogP) is 5.92. The Morgan fingerprint density at radius 2 is 1.87 bits per heavy atom. The van der Waals surface area contributed by atoms with Crippen LogP contribution in [0.3, 0.4) is 0 Å². The number of furan rings is 1. The molecule has 1 saturated heterocycles. The third-order valence-corrected chi connectivity index (χ3v) is 7.21. The molecule has 202 valence electrons. The van der Waals surface area contributed by atoms with Crippen LogP contribution < -0.4 is 16.4 Å². The van der Waals surface area contributed by atoms with Crippen LogP contribution in [0.5, 0.6) is 0 Å². The van der Waals surface area contributed by atoms with E-state index in [1.807, 2.05) is 20.8 Å². The van der Waals surface area contributed by atoms with Gasteiger partial charge in [-0.15, -0.1) is 0 Å². The highest BCUT2D eigenvalue weighted by Gasteiger charge is 2.58. The van der Waals surface area contributed by atoms with E-state index in [1.165, 1.54) is 42.5 Å². The number of nitrogens with two attached hydrogens (primary N) is 1. The lowest BCUT2D eigenvalue weighted by Gasteiger charge is -2.40. The zero-order valence-electron chi connectivity index (χ0n) is 20.8. The summed E-state index contributed by atoms with van der Waals surface area (Å²) in [7, 11) is 0. The second-order valence-electron chi connectivity index (χ2n) is 10.6. The number of carbonyl (C=O) groups is 2. The van der Waals surface area contributed by atoms with Crippen LogP contribution in [0.4, 0.5) is 14.7 Å². The summed E-state index contributed by atoms with van der Waals surface area (Å²) in [5.41, 5.74) is 5.21. The molecule has 1 aliphatic rings. The maximum Gasteiger partial charge on any atom is 0.371 e. The van der Waals surface area contributed by atoms with E-state index in [4.69, 9.17) is 38.5 Å². The Morgan fingerprint density at radius 1 is 1.16 bits per heavy atom. The number of nitrogens with one attached hydrogen (secondary N) is 2. The number of amides is 1. The van der Waals surface area contributed by atoms with Gasteiger partial charge >= 0.3 is 5.97 Å². The molecule has 1 amide bonds. The van der Waals surface area contributed by atoms with Crippen LogP contribution in [0.25, 0.3) is 0 Å². The smallest absolute Gasteiger partial charge is 0.371 e. The first-order chi connectivity index (χ1) is 17.7. The molecule has 11 heteroatoms. The lowest BCUT2D eigenvalue weighted by molar-refractivity contribution is -0.118. The van der Waals surface area contributed by atoms with Gasteiger partial charge < -0.3 is 20.6 Å². The molecule has 4 atom stereocenters. The van der Waals surface area contributed by atoms with Crippen LogP contribution >= 0.6 is 23.2 Å². The van der Waals surface area contributed by atoms with Gasteiger partial charge in [-0.25, -0.2) is 13.6 Å². The highest BCUT2D eigenvalue weighted by molar-refractivity contribution is 6.31. The summed E-state index contributed by atoms with van der Waals surface area (Å²) in [6.45, 7) is 5.89. The van der Waals surface area contributed by atoms with E-state index < -0.39 is 47.1 Å². The zero-order valence-corrected chi connectivity index (χ0v) is 22.3. The minimum atomic E-state index is -1.63. The van der Waals surface area contributed by atoms with Crippen molar-refractivity contribution in [2.75, 3.05) is 5.32 Å². The van der Waals surface area contributed by atoms with Crippen LogP contribution in [0.1, 0.15) is 54.8 Å². The van der Waals surface area contributed by atoms with Crippen molar-refractivity contribution in [3.63, 3.8) is 0 Å². The molecule has 0 spiro atoms. The van der Waals surface area contributed by atoms with E-state index in [0.29, 0.717) is 6.42 Å². The first kappa shape index (κ1) is 28.0. The number of carboxylic acid groups (broad SMARTS) is 1. The van der Waals surface area contributed by atoms with Crippen molar-refractivity contribution >= 4 is 41.0 Å². The number of halogens is 4. The number of aromatic carboxylic acids is 1. The SMILES string of the molecule is CC(C)(C)C[C@@H]1N[C@@H](C(=O)Nc2ccc(C(=O)O)o2)[C@H](c2cccc(Cl)c2F)[C@@]1(N)c1ccc(Cl)cc1F. The van der Waals surface area contributed by atoms with Crippen molar-refractivity contribution in [3.8, 4) is 0 Å². The van der Waals surface area contributed by atoms with Crippen molar-refractivity contribution in [2.24, 2.45) is 11.1 Å². The number of hydrogen-bond acceptors (Lipinski definition) is 5. The molecule has 2 heterocycles. The minimum absolute atomic E-state index is 0.0177. The lowest BCUT2D eigenvalue weighted by atomic mass is 9.68. The van der Waals surface area contributed by atoms with Crippen LogP contribution in [-0.2, 0) is 10.3 Å². The Hall–Kier alpha value is -2.98. The van der Waals surface area contributed by atoms with E-state index in [9.17, 15) is 9.59 Å². The normalized spacial score (nSPS) is 23.4. The molecule has 5 N–H and O–H groups in total. The maximum absolute atomic E-state index is 15.6. The van der Waals surface area contributed by atoms with Gasteiger partial charge in [-0.05, 0) is 41.7 Å². The van der Waals surface area contributed by atoms with Gasteiger partial charge in [0.25, 0.3) is 0 Å². The fraction of sp³-hybridized carbons (Fsp3) is 0.333. The first-order valence-corrected chi connectivity index (χ1v) is 12.6. The van der Waals surface area contributed by atoms with E-state index in [-0.39, 0.29) is 38.2 Å². The van der Waals surface area contributed by atoms with E-state index in [1.54, 1.807) is 0 Å². The number of carboxylic acids is 1. The van der Waals surface area contributed by atoms with Gasteiger partial charge in [-0.1, -0.05) is 62.2 Å². The summed E-state index contributed by atoms with van der Waals surface area (Å²) in [5, 5.41) is 14.9. The lowest BCUT2D eigenvalue weighted by Crippen LogP contribution is -2.52. The third kappa shape index (κ3) is 5.29. The number of rotatable bonds is 6. The van der Waals surface area contributed by atoms with Crippen LogP contribution in [-0.4, -0.2) is 29.1 Å². The number of benzene rings is 2. The summed E-state index contributed by atoms with van der Waals surface area (Å²) in [4.78, 5) is 24.8. The van der Waals surface area contributed by atoms with Gasteiger partial charge in [0, 0.05) is 28.6 Å². The molecule has 0 aliphatic carbocycles. The third-order valence-electron chi connectivity index (χ3n) is 6.68. The number of hydrogen-bond donors (Lipinski definition) is 4. The second-order valence-corrected chi connectivity index (χ2v) is 11.4. The van der Waals surface area contributed by atoms with E-state index in [0.717, 1.165) is 6.07 Å². The molecule has 0 saturated carbocycles. The predicted molar refractivity (Wildman–Crippen MR) is 141 cm³/mol. The largest absolute Gasteiger partial charge is 0.475 e. The topological polar surface area (TPSA) is 118 Å². The van der Waals surface area contributed by atoms with Gasteiger partial charge in [-0.2, -0.15) is 0 Å². The van der Waals surface area contributed by atoms with Crippen molar-refractivity contribution in [1.82, 2.24) is 5.32 Å². The molecule has 3 aromatic rings. The number of anilines is 1. The molecule has 4 rings (SSSR count). The van der Waals surface area contributed by atoms with Crippen LogP contribution in [0.2, 0.25) is 10.0 Å². The Labute approximate surface area is 228 Å². The number of carbonyl (C=O) groups excluding carboxylic acids is 1. The fourth-order valence-corrected chi connectivity index (χ4v) is 5.46. The quantitative estimate of drug-likeness (QED) is 0.295. The molecule has 0 unspecified atom stereocenters. The molecule has 38 heavy (non-hydrogen) atoms. The molecule has 1 aromatic heterocycles. The molecular formula is C27H27Cl2F2N3O4. The molecule has 2 aromatic carbocycles. The fourth-order valence-electron chi connectivity index (χ4n) is 5.12. The van der Waals surface area contributed by atoms with Gasteiger partial charge in [0.1, 0.15) is 11.6 Å². The van der Waals surface area contributed by atoms with Crippen LogP contribution in [0, 0.1) is 17.0 Å². The first-order valence-electron chi connectivity index (χ1n) is 11.8. The average molecular weight is 566 g/mol. The molecule has 0 radical (unpaired) electrons. The average Bonchev–Trinajstić information content (AvgIpc) is 3.38.